The Bertz CT molecular complexity index is 462. The molecule has 0 aliphatic carbocycles. The van der Waals surface area contributed by atoms with Crippen LogP contribution in [0, 0.1) is 0 Å². The third-order valence-electron chi connectivity index (χ3n) is 3.88. The number of ether oxygens (including phenoxy) is 2. The fraction of sp³-hybridized carbons (Fsp3) is 0.600. The van der Waals surface area contributed by atoms with Crippen LogP contribution in [-0.2, 0) is 9.39 Å². The molecule has 0 amide bonds. The average Bonchev–Trinajstić information content (AvgIpc) is 3.19. The highest BCUT2D eigenvalue weighted by Crippen LogP contribution is 2.25. The van der Waals surface area contributed by atoms with Gasteiger partial charge in [0.15, 0.2) is 0 Å². The smallest absolute Gasteiger partial charge is 0.491 e. The summed E-state index contributed by atoms with van der Waals surface area (Å²) >= 11 is 0. The van der Waals surface area contributed by atoms with Gasteiger partial charge in [0.1, 0.15) is 18.5 Å². The van der Waals surface area contributed by atoms with Gasteiger partial charge in [-0.05, 0) is 45.3 Å². The van der Waals surface area contributed by atoms with E-state index in [4.69, 9.17) is 14.1 Å². The topological polar surface area (TPSA) is 71.5 Å². The van der Waals surface area contributed by atoms with Gasteiger partial charge in [-0.3, -0.25) is 0 Å². The van der Waals surface area contributed by atoms with E-state index in [9.17, 15) is 10.1 Å². The Labute approximate surface area is 126 Å². The molecule has 1 atom stereocenters. The molecular weight excluding hydrogens is 271 g/mol. The predicted molar refractivity (Wildman–Crippen MR) is 80.7 cm³/mol. The Morgan fingerprint density at radius 3 is 2.29 bits per heavy atom. The fourth-order valence-corrected chi connectivity index (χ4v) is 1.57. The van der Waals surface area contributed by atoms with E-state index in [-0.39, 0.29) is 6.10 Å². The first kappa shape index (κ1) is 16.3. The number of aliphatic hydroxyl groups is 1. The van der Waals surface area contributed by atoms with Crippen LogP contribution in [0.3, 0.4) is 0 Å². The maximum absolute atomic E-state index is 10.1. The van der Waals surface area contributed by atoms with Gasteiger partial charge in [-0.15, -0.1) is 0 Å². The van der Waals surface area contributed by atoms with Gasteiger partial charge in [-0.2, -0.15) is 0 Å². The normalized spacial score (nSPS) is 18.5. The van der Waals surface area contributed by atoms with Gasteiger partial charge in [0.05, 0.1) is 17.8 Å². The summed E-state index contributed by atoms with van der Waals surface area (Å²) in [4.78, 5) is 0. The molecule has 1 aromatic rings. The van der Waals surface area contributed by atoms with Gasteiger partial charge in [0, 0.05) is 0 Å². The second kappa shape index (κ2) is 5.97. The number of epoxide rings is 1. The molecule has 116 valence electrons. The van der Waals surface area contributed by atoms with Crippen molar-refractivity contribution in [3.05, 3.63) is 24.3 Å². The van der Waals surface area contributed by atoms with Crippen molar-refractivity contribution in [2.24, 2.45) is 0 Å². The molecule has 21 heavy (non-hydrogen) atoms. The summed E-state index contributed by atoms with van der Waals surface area (Å²) < 4.78 is 16.2. The second-order valence-corrected chi connectivity index (χ2v) is 6.37. The van der Waals surface area contributed by atoms with Gasteiger partial charge >= 0.3 is 7.12 Å². The lowest BCUT2D eigenvalue weighted by Crippen LogP contribution is -2.53. The van der Waals surface area contributed by atoms with Gasteiger partial charge in [0.25, 0.3) is 0 Å². The molecule has 6 heteroatoms. The SMILES string of the molecule is CC(C)(O)C(C)(C)OB(O)c1ccc(OC[C@H]2CO2)cc1. The fourth-order valence-electron chi connectivity index (χ4n) is 1.57. The summed E-state index contributed by atoms with van der Waals surface area (Å²) in [5.74, 6) is 0.725. The first-order valence-corrected chi connectivity index (χ1v) is 7.12. The molecule has 1 fully saturated rings. The summed E-state index contributed by atoms with van der Waals surface area (Å²) in [6.07, 6.45) is 0.214. The van der Waals surface area contributed by atoms with Crippen LogP contribution < -0.4 is 10.2 Å². The summed E-state index contributed by atoms with van der Waals surface area (Å²) in [5.41, 5.74) is -1.34. The molecule has 0 saturated carbocycles. The third-order valence-corrected chi connectivity index (χ3v) is 3.88. The van der Waals surface area contributed by atoms with E-state index in [2.05, 4.69) is 0 Å². The molecule has 1 aromatic carbocycles. The Morgan fingerprint density at radius 1 is 1.24 bits per heavy atom. The van der Waals surface area contributed by atoms with Crippen LogP contribution >= 0.6 is 0 Å². The maximum atomic E-state index is 10.1. The van der Waals surface area contributed by atoms with Crippen LogP contribution in [-0.4, -0.2) is 47.8 Å². The summed E-state index contributed by atoms with van der Waals surface area (Å²) in [7, 11) is -1.10. The van der Waals surface area contributed by atoms with Crippen LogP contribution in [0.15, 0.2) is 24.3 Å². The van der Waals surface area contributed by atoms with E-state index in [1.54, 1.807) is 52.0 Å². The first-order valence-electron chi connectivity index (χ1n) is 7.12. The predicted octanol–water partition coefficient (Wildman–Crippen LogP) is 0.718. The molecule has 2 rings (SSSR count). The summed E-state index contributed by atoms with van der Waals surface area (Å²) in [6, 6.07) is 7.05. The van der Waals surface area contributed by atoms with Crippen molar-refractivity contribution in [2.45, 2.75) is 45.0 Å². The Balaban J connectivity index is 1.94. The largest absolute Gasteiger partial charge is 0.491 e. The highest BCUT2D eigenvalue weighted by molar-refractivity contribution is 6.60. The minimum absolute atomic E-state index is 0.214. The summed E-state index contributed by atoms with van der Waals surface area (Å²) in [6.45, 7) is 8.08. The van der Waals surface area contributed by atoms with E-state index >= 15 is 0 Å². The molecule has 1 saturated heterocycles. The zero-order chi connectivity index (χ0) is 15.7. The van der Waals surface area contributed by atoms with E-state index in [0.717, 1.165) is 12.4 Å². The summed E-state index contributed by atoms with van der Waals surface area (Å²) in [5, 5.41) is 20.2. The van der Waals surface area contributed by atoms with Crippen LogP contribution in [0.25, 0.3) is 0 Å². The third kappa shape index (κ3) is 4.44. The lowest BCUT2D eigenvalue weighted by molar-refractivity contribution is -0.0982. The van der Waals surface area contributed by atoms with Crippen molar-refractivity contribution in [3.8, 4) is 5.75 Å². The molecule has 0 aromatic heterocycles. The monoisotopic (exact) mass is 294 g/mol. The molecule has 2 N–H and O–H groups in total. The minimum atomic E-state index is -1.10. The molecular formula is C15H23BO5. The second-order valence-electron chi connectivity index (χ2n) is 6.37. The van der Waals surface area contributed by atoms with Crippen LogP contribution in [0.2, 0.25) is 0 Å². The van der Waals surface area contributed by atoms with Crippen molar-refractivity contribution in [1.82, 2.24) is 0 Å². The highest BCUT2D eigenvalue weighted by Gasteiger charge is 2.39. The maximum Gasteiger partial charge on any atom is 0.491 e. The van der Waals surface area contributed by atoms with Crippen molar-refractivity contribution in [3.63, 3.8) is 0 Å². The van der Waals surface area contributed by atoms with Crippen LogP contribution in [0.5, 0.6) is 5.75 Å². The molecule has 0 spiro atoms. The standard InChI is InChI=1S/C15H23BO5/c1-14(2,17)15(3,4)21-16(18)11-5-7-12(8-6-11)19-9-13-10-20-13/h5-8,13,17-18H,9-10H2,1-4H3/t13-/m0/s1. The van der Waals surface area contributed by atoms with E-state index in [1.807, 2.05) is 0 Å². The van der Waals surface area contributed by atoms with Gasteiger partial charge < -0.3 is 24.3 Å². The van der Waals surface area contributed by atoms with Crippen molar-refractivity contribution in [2.75, 3.05) is 13.2 Å². The van der Waals surface area contributed by atoms with E-state index < -0.39 is 18.3 Å². The molecule has 5 nitrogen and oxygen atoms in total. The van der Waals surface area contributed by atoms with Gasteiger partial charge in [0.2, 0.25) is 0 Å². The van der Waals surface area contributed by atoms with Crippen molar-refractivity contribution >= 4 is 12.6 Å². The van der Waals surface area contributed by atoms with Gasteiger partial charge in [-0.25, -0.2) is 0 Å². The number of hydrogen-bond acceptors (Lipinski definition) is 5. The van der Waals surface area contributed by atoms with Crippen molar-refractivity contribution in [1.29, 1.82) is 0 Å². The Hall–Kier alpha value is -1.08. The molecule has 1 heterocycles. The van der Waals surface area contributed by atoms with Gasteiger partial charge in [-0.1, -0.05) is 12.1 Å². The highest BCUT2D eigenvalue weighted by atomic mass is 16.6. The zero-order valence-corrected chi connectivity index (χ0v) is 13.0. The average molecular weight is 294 g/mol. The number of benzene rings is 1. The molecule has 1 aliphatic rings. The molecule has 0 bridgehead atoms. The Morgan fingerprint density at radius 2 is 1.81 bits per heavy atom. The van der Waals surface area contributed by atoms with Crippen LogP contribution in [0.1, 0.15) is 27.7 Å². The van der Waals surface area contributed by atoms with E-state index in [0.29, 0.717) is 12.1 Å². The zero-order valence-electron chi connectivity index (χ0n) is 13.0. The quantitative estimate of drug-likeness (QED) is 0.572. The molecule has 1 aliphatic heterocycles. The lowest BCUT2D eigenvalue weighted by atomic mass is 9.76. The molecule has 0 radical (unpaired) electrons. The van der Waals surface area contributed by atoms with Crippen LogP contribution in [0.4, 0.5) is 0 Å². The minimum Gasteiger partial charge on any atom is -0.491 e. The van der Waals surface area contributed by atoms with E-state index in [1.165, 1.54) is 0 Å². The lowest BCUT2D eigenvalue weighted by Gasteiger charge is -2.38. The van der Waals surface area contributed by atoms with Crippen molar-refractivity contribution < 1.29 is 24.3 Å². The first-order chi connectivity index (χ1) is 9.69. The molecule has 0 unspecified atom stereocenters. The number of rotatable bonds is 7. The number of hydrogen-bond donors (Lipinski definition) is 2. The Kier molecular flexibility index (Phi) is 4.63.